The fourth-order valence-electron chi connectivity index (χ4n) is 2.34. The number of ether oxygens (including phenoxy) is 1. The molecule has 0 atom stereocenters. The molecule has 1 fully saturated rings. The molecule has 0 unspecified atom stereocenters. The maximum atomic E-state index is 12.3. The van der Waals surface area contributed by atoms with Crippen molar-refractivity contribution < 1.29 is 19.7 Å². The highest BCUT2D eigenvalue weighted by Gasteiger charge is 2.25. The van der Waals surface area contributed by atoms with Crippen LogP contribution in [0.2, 0.25) is 0 Å². The first-order valence-corrected chi connectivity index (χ1v) is 6.72. The Morgan fingerprint density at radius 2 is 2.10 bits per heavy atom. The van der Waals surface area contributed by atoms with Gasteiger partial charge >= 0.3 is 0 Å². The summed E-state index contributed by atoms with van der Waals surface area (Å²) in [5.74, 6) is -0.136. The van der Waals surface area contributed by atoms with Gasteiger partial charge in [0.25, 0.3) is 5.91 Å². The molecule has 4 N–H and O–H groups in total. The molecule has 0 bridgehead atoms. The molecular weight excluding hydrogens is 260 g/mol. The van der Waals surface area contributed by atoms with Crippen LogP contribution in [0.15, 0.2) is 18.2 Å². The minimum atomic E-state index is -0.168. The van der Waals surface area contributed by atoms with E-state index in [0.717, 1.165) is 12.8 Å². The van der Waals surface area contributed by atoms with Crippen LogP contribution < -0.4 is 5.73 Å². The predicted octanol–water partition coefficient (Wildman–Crippen LogP) is 0.588. The van der Waals surface area contributed by atoms with Gasteiger partial charge in [-0.15, -0.1) is 0 Å². The van der Waals surface area contributed by atoms with Gasteiger partial charge in [-0.25, -0.2) is 0 Å². The standard InChI is InChI=1S/C14H20N2O4/c15-13-2-1-10(18)9-12(13)14(19)16-5-3-11(4-6-16)20-8-7-17/h1-2,9,11,17-18H,3-8,15H2. The van der Waals surface area contributed by atoms with Crippen LogP contribution >= 0.6 is 0 Å². The largest absolute Gasteiger partial charge is 0.508 e. The second-order valence-electron chi connectivity index (χ2n) is 4.86. The van der Waals surface area contributed by atoms with E-state index in [1.165, 1.54) is 18.2 Å². The normalized spacial score (nSPS) is 16.4. The molecule has 1 saturated heterocycles. The number of likely N-dealkylation sites (tertiary alicyclic amines) is 1. The van der Waals surface area contributed by atoms with Crippen molar-refractivity contribution in [2.75, 3.05) is 32.0 Å². The first-order chi connectivity index (χ1) is 9.61. The van der Waals surface area contributed by atoms with Crippen LogP contribution in [-0.4, -0.2) is 53.4 Å². The molecule has 0 aliphatic carbocycles. The summed E-state index contributed by atoms with van der Waals surface area (Å²) in [5, 5.41) is 18.2. The van der Waals surface area contributed by atoms with Crippen molar-refractivity contribution in [2.24, 2.45) is 0 Å². The summed E-state index contributed by atoms with van der Waals surface area (Å²) in [6.07, 6.45) is 1.57. The number of nitrogens with two attached hydrogens (primary N) is 1. The van der Waals surface area contributed by atoms with Crippen LogP contribution in [-0.2, 0) is 4.74 Å². The molecule has 0 radical (unpaired) electrons. The summed E-state index contributed by atoms with van der Waals surface area (Å²) in [6.45, 7) is 1.52. The second-order valence-corrected chi connectivity index (χ2v) is 4.86. The van der Waals surface area contributed by atoms with E-state index in [4.69, 9.17) is 15.6 Å². The Kier molecular flexibility index (Phi) is 4.81. The van der Waals surface area contributed by atoms with E-state index in [-0.39, 0.29) is 24.4 Å². The maximum absolute atomic E-state index is 12.3. The summed E-state index contributed by atoms with van der Waals surface area (Å²) in [4.78, 5) is 14.1. The number of phenols is 1. The number of aromatic hydroxyl groups is 1. The van der Waals surface area contributed by atoms with E-state index < -0.39 is 0 Å². The van der Waals surface area contributed by atoms with Gasteiger partial charge in [-0.2, -0.15) is 0 Å². The molecular formula is C14H20N2O4. The zero-order chi connectivity index (χ0) is 14.5. The van der Waals surface area contributed by atoms with Crippen LogP contribution in [0.4, 0.5) is 5.69 Å². The Morgan fingerprint density at radius 3 is 2.75 bits per heavy atom. The van der Waals surface area contributed by atoms with E-state index in [1.54, 1.807) is 4.90 Å². The topological polar surface area (TPSA) is 96.0 Å². The van der Waals surface area contributed by atoms with Crippen molar-refractivity contribution in [3.8, 4) is 5.75 Å². The van der Waals surface area contributed by atoms with Crippen LogP contribution in [0.1, 0.15) is 23.2 Å². The van der Waals surface area contributed by atoms with Gasteiger partial charge in [0.2, 0.25) is 0 Å². The molecule has 0 aromatic heterocycles. The fraction of sp³-hybridized carbons (Fsp3) is 0.500. The molecule has 110 valence electrons. The number of hydrogen-bond acceptors (Lipinski definition) is 5. The summed E-state index contributed by atoms with van der Waals surface area (Å²) in [6, 6.07) is 4.38. The summed E-state index contributed by atoms with van der Waals surface area (Å²) in [7, 11) is 0. The number of hydrogen-bond donors (Lipinski definition) is 3. The van der Waals surface area contributed by atoms with E-state index in [2.05, 4.69) is 0 Å². The van der Waals surface area contributed by atoms with Crippen molar-refractivity contribution in [3.05, 3.63) is 23.8 Å². The van der Waals surface area contributed by atoms with Crippen molar-refractivity contribution in [1.29, 1.82) is 0 Å². The van der Waals surface area contributed by atoms with Gasteiger partial charge < -0.3 is 25.6 Å². The Bertz CT molecular complexity index is 470. The monoisotopic (exact) mass is 280 g/mol. The molecule has 2 rings (SSSR count). The zero-order valence-corrected chi connectivity index (χ0v) is 11.3. The van der Waals surface area contributed by atoms with Gasteiger partial charge in [0.15, 0.2) is 0 Å². The number of phenolic OH excluding ortho intramolecular Hbond substituents is 1. The third-order valence-corrected chi connectivity index (χ3v) is 3.44. The number of rotatable bonds is 4. The number of piperidine rings is 1. The van der Waals surface area contributed by atoms with Crippen LogP contribution in [0.5, 0.6) is 5.75 Å². The number of aliphatic hydroxyl groups is 1. The van der Waals surface area contributed by atoms with Gasteiger partial charge in [0.1, 0.15) is 5.75 Å². The van der Waals surface area contributed by atoms with Crippen LogP contribution in [0, 0.1) is 0 Å². The number of nitrogen functional groups attached to an aromatic ring is 1. The molecule has 6 nitrogen and oxygen atoms in total. The predicted molar refractivity (Wildman–Crippen MR) is 74.5 cm³/mol. The Labute approximate surface area is 117 Å². The number of aliphatic hydroxyl groups excluding tert-OH is 1. The van der Waals surface area contributed by atoms with Gasteiger partial charge in [-0.3, -0.25) is 4.79 Å². The molecule has 1 aromatic rings. The molecule has 6 heteroatoms. The fourth-order valence-corrected chi connectivity index (χ4v) is 2.34. The first-order valence-electron chi connectivity index (χ1n) is 6.72. The molecule has 1 aliphatic heterocycles. The SMILES string of the molecule is Nc1ccc(O)cc1C(=O)N1CCC(OCCO)CC1. The summed E-state index contributed by atoms with van der Waals surface area (Å²) in [5.41, 5.74) is 6.48. The van der Waals surface area contributed by atoms with Crippen LogP contribution in [0.3, 0.4) is 0 Å². The molecule has 0 spiro atoms. The number of anilines is 1. The molecule has 0 saturated carbocycles. The second kappa shape index (κ2) is 6.58. The molecule has 1 heterocycles. The number of carbonyl (C=O) groups is 1. The van der Waals surface area contributed by atoms with E-state index in [9.17, 15) is 9.90 Å². The lowest BCUT2D eigenvalue weighted by atomic mass is 10.1. The van der Waals surface area contributed by atoms with Crippen molar-refractivity contribution in [2.45, 2.75) is 18.9 Å². The Hall–Kier alpha value is -1.79. The average molecular weight is 280 g/mol. The molecule has 1 aromatic carbocycles. The van der Waals surface area contributed by atoms with Gasteiger partial charge in [-0.1, -0.05) is 0 Å². The lowest BCUT2D eigenvalue weighted by Gasteiger charge is -2.32. The first kappa shape index (κ1) is 14.6. The zero-order valence-electron chi connectivity index (χ0n) is 11.3. The summed E-state index contributed by atoms with van der Waals surface area (Å²) < 4.78 is 5.46. The molecule has 1 amide bonds. The minimum Gasteiger partial charge on any atom is -0.508 e. The Morgan fingerprint density at radius 1 is 1.40 bits per heavy atom. The van der Waals surface area contributed by atoms with Crippen molar-refractivity contribution in [1.82, 2.24) is 4.90 Å². The third-order valence-electron chi connectivity index (χ3n) is 3.44. The molecule has 1 aliphatic rings. The number of amides is 1. The highest BCUT2D eigenvalue weighted by molar-refractivity contribution is 5.99. The minimum absolute atomic E-state index is 0.0129. The maximum Gasteiger partial charge on any atom is 0.256 e. The lowest BCUT2D eigenvalue weighted by Crippen LogP contribution is -2.41. The number of carbonyl (C=O) groups excluding carboxylic acids is 1. The quantitative estimate of drug-likeness (QED) is 0.554. The van der Waals surface area contributed by atoms with Gasteiger partial charge in [0.05, 0.1) is 24.9 Å². The van der Waals surface area contributed by atoms with E-state index >= 15 is 0 Å². The summed E-state index contributed by atoms with van der Waals surface area (Å²) >= 11 is 0. The lowest BCUT2D eigenvalue weighted by molar-refractivity contribution is -0.00552. The van der Waals surface area contributed by atoms with Gasteiger partial charge in [-0.05, 0) is 31.0 Å². The highest BCUT2D eigenvalue weighted by Crippen LogP contribution is 2.22. The van der Waals surface area contributed by atoms with Crippen molar-refractivity contribution in [3.63, 3.8) is 0 Å². The van der Waals surface area contributed by atoms with E-state index in [0.29, 0.717) is 30.9 Å². The Balaban J connectivity index is 1.96. The smallest absolute Gasteiger partial charge is 0.256 e. The number of benzene rings is 1. The van der Waals surface area contributed by atoms with Crippen LogP contribution in [0.25, 0.3) is 0 Å². The third kappa shape index (κ3) is 3.40. The van der Waals surface area contributed by atoms with Crippen molar-refractivity contribution >= 4 is 11.6 Å². The van der Waals surface area contributed by atoms with E-state index in [1.807, 2.05) is 0 Å². The molecule has 20 heavy (non-hydrogen) atoms. The highest BCUT2D eigenvalue weighted by atomic mass is 16.5. The number of nitrogens with zero attached hydrogens (tertiary/aromatic N) is 1. The average Bonchev–Trinajstić information content (AvgIpc) is 2.47. The van der Waals surface area contributed by atoms with Gasteiger partial charge in [0, 0.05) is 18.8 Å².